The maximum atomic E-state index is 5.60. The van der Waals surface area contributed by atoms with Gasteiger partial charge in [0.15, 0.2) is 0 Å². The SMILES string of the molecule is COc1ccc(CCC(NN)c2cnnn2C)cc1. The van der Waals surface area contributed by atoms with Gasteiger partial charge < -0.3 is 4.74 Å². The molecule has 2 rings (SSSR count). The fourth-order valence-corrected chi connectivity index (χ4v) is 2.03. The molecule has 0 amide bonds. The molecular formula is C13H19N5O. The van der Waals surface area contributed by atoms with Gasteiger partial charge >= 0.3 is 0 Å². The Kier molecular flexibility index (Phi) is 4.48. The largest absolute Gasteiger partial charge is 0.497 e. The third kappa shape index (κ3) is 3.30. The first kappa shape index (κ1) is 13.5. The summed E-state index contributed by atoms with van der Waals surface area (Å²) >= 11 is 0. The standard InChI is InChI=1S/C13H19N5O/c1-18-13(9-15-17-18)12(16-14)8-5-10-3-6-11(19-2)7-4-10/h3-4,6-7,9,12,16H,5,8,14H2,1-2H3. The molecule has 1 unspecified atom stereocenters. The number of hydrogen-bond acceptors (Lipinski definition) is 5. The molecule has 0 aliphatic carbocycles. The van der Waals surface area contributed by atoms with Gasteiger partial charge in [-0.2, -0.15) is 0 Å². The predicted molar refractivity (Wildman–Crippen MR) is 72.4 cm³/mol. The second-order valence-corrected chi connectivity index (χ2v) is 4.39. The summed E-state index contributed by atoms with van der Waals surface area (Å²) < 4.78 is 6.87. The molecule has 1 aromatic carbocycles. The summed E-state index contributed by atoms with van der Waals surface area (Å²) in [6.45, 7) is 0. The Morgan fingerprint density at radius 3 is 2.63 bits per heavy atom. The number of ether oxygens (including phenoxy) is 1. The number of aryl methyl sites for hydroxylation is 2. The minimum atomic E-state index is 0.0436. The van der Waals surface area contributed by atoms with Crippen LogP contribution >= 0.6 is 0 Å². The van der Waals surface area contributed by atoms with Crippen molar-refractivity contribution in [2.24, 2.45) is 12.9 Å². The number of hydrazine groups is 1. The second kappa shape index (κ2) is 6.31. The van der Waals surface area contributed by atoms with E-state index in [1.54, 1.807) is 18.0 Å². The van der Waals surface area contributed by atoms with Gasteiger partial charge in [-0.1, -0.05) is 17.3 Å². The molecule has 6 nitrogen and oxygen atoms in total. The van der Waals surface area contributed by atoms with Crippen LogP contribution in [-0.4, -0.2) is 22.1 Å². The van der Waals surface area contributed by atoms with Crippen molar-refractivity contribution in [2.75, 3.05) is 7.11 Å². The third-order valence-electron chi connectivity index (χ3n) is 3.19. The van der Waals surface area contributed by atoms with Crippen LogP contribution in [0.2, 0.25) is 0 Å². The molecule has 0 bridgehead atoms. The van der Waals surface area contributed by atoms with E-state index in [4.69, 9.17) is 10.6 Å². The number of nitrogens with two attached hydrogens (primary N) is 1. The molecule has 6 heteroatoms. The first-order valence-electron chi connectivity index (χ1n) is 6.18. The number of rotatable bonds is 6. The maximum Gasteiger partial charge on any atom is 0.118 e. The van der Waals surface area contributed by atoms with Crippen LogP contribution in [0, 0.1) is 0 Å². The van der Waals surface area contributed by atoms with Gasteiger partial charge in [-0.3, -0.25) is 16.0 Å². The number of aromatic nitrogens is 3. The highest BCUT2D eigenvalue weighted by Crippen LogP contribution is 2.18. The molecule has 0 radical (unpaired) electrons. The quantitative estimate of drug-likeness (QED) is 0.598. The third-order valence-corrected chi connectivity index (χ3v) is 3.19. The molecular weight excluding hydrogens is 242 g/mol. The van der Waals surface area contributed by atoms with Crippen LogP contribution in [-0.2, 0) is 13.5 Å². The van der Waals surface area contributed by atoms with Gasteiger partial charge in [0.25, 0.3) is 0 Å². The second-order valence-electron chi connectivity index (χ2n) is 4.39. The normalized spacial score (nSPS) is 12.4. The molecule has 0 saturated carbocycles. The van der Waals surface area contributed by atoms with Crippen molar-refractivity contribution in [3.8, 4) is 5.75 Å². The molecule has 19 heavy (non-hydrogen) atoms. The van der Waals surface area contributed by atoms with Gasteiger partial charge in [0.05, 0.1) is 25.0 Å². The van der Waals surface area contributed by atoms with Crippen molar-refractivity contribution in [2.45, 2.75) is 18.9 Å². The van der Waals surface area contributed by atoms with E-state index in [2.05, 4.69) is 27.9 Å². The van der Waals surface area contributed by atoms with Crippen molar-refractivity contribution in [1.29, 1.82) is 0 Å². The first-order valence-corrected chi connectivity index (χ1v) is 6.18. The Morgan fingerprint density at radius 2 is 2.11 bits per heavy atom. The molecule has 0 spiro atoms. The summed E-state index contributed by atoms with van der Waals surface area (Å²) in [5.41, 5.74) is 5.04. The van der Waals surface area contributed by atoms with E-state index in [0.29, 0.717) is 0 Å². The van der Waals surface area contributed by atoms with Gasteiger partial charge in [-0.05, 0) is 30.5 Å². The monoisotopic (exact) mass is 261 g/mol. The summed E-state index contributed by atoms with van der Waals surface area (Å²) in [6, 6.07) is 8.10. The van der Waals surface area contributed by atoms with Crippen molar-refractivity contribution >= 4 is 0 Å². The predicted octanol–water partition coefficient (Wildman–Crippen LogP) is 0.961. The van der Waals surface area contributed by atoms with Crippen LogP contribution in [0.15, 0.2) is 30.5 Å². The van der Waals surface area contributed by atoms with E-state index in [1.807, 2.05) is 19.2 Å². The Balaban J connectivity index is 1.98. The lowest BCUT2D eigenvalue weighted by Gasteiger charge is -2.15. The van der Waals surface area contributed by atoms with E-state index in [0.717, 1.165) is 24.3 Å². The van der Waals surface area contributed by atoms with E-state index in [1.165, 1.54) is 5.56 Å². The topological polar surface area (TPSA) is 78.0 Å². The van der Waals surface area contributed by atoms with E-state index >= 15 is 0 Å². The Hall–Kier alpha value is -1.92. The molecule has 102 valence electrons. The van der Waals surface area contributed by atoms with Gasteiger partial charge in [-0.25, -0.2) is 0 Å². The highest BCUT2D eigenvalue weighted by molar-refractivity contribution is 5.27. The summed E-state index contributed by atoms with van der Waals surface area (Å²) in [7, 11) is 3.53. The number of hydrogen-bond donors (Lipinski definition) is 2. The zero-order valence-corrected chi connectivity index (χ0v) is 11.2. The van der Waals surface area contributed by atoms with Gasteiger partial charge in [0.2, 0.25) is 0 Å². The molecule has 0 saturated heterocycles. The average Bonchev–Trinajstić information content (AvgIpc) is 2.87. The van der Waals surface area contributed by atoms with E-state index in [-0.39, 0.29) is 6.04 Å². The number of nitrogens with one attached hydrogen (secondary N) is 1. The average molecular weight is 261 g/mol. The van der Waals surface area contributed by atoms with Crippen LogP contribution in [0.3, 0.4) is 0 Å². The van der Waals surface area contributed by atoms with Crippen LogP contribution in [0.1, 0.15) is 23.7 Å². The number of methoxy groups -OCH3 is 1. The lowest BCUT2D eigenvalue weighted by atomic mass is 10.0. The summed E-state index contributed by atoms with van der Waals surface area (Å²) in [5.74, 6) is 6.47. The summed E-state index contributed by atoms with van der Waals surface area (Å²) in [6.07, 6.45) is 3.53. The van der Waals surface area contributed by atoms with Crippen molar-refractivity contribution in [1.82, 2.24) is 20.4 Å². The molecule has 2 aromatic rings. The smallest absolute Gasteiger partial charge is 0.118 e. The minimum absolute atomic E-state index is 0.0436. The molecule has 1 aromatic heterocycles. The van der Waals surface area contributed by atoms with Crippen LogP contribution < -0.4 is 16.0 Å². The van der Waals surface area contributed by atoms with Crippen LogP contribution in [0.25, 0.3) is 0 Å². The van der Waals surface area contributed by atoms with E-state index < -0.39 is 0 Å². The van der Waals surface area contributed by atoms with Gasteiger partial charge in [-0.15, -0.1) is 5.10 Å². The fraction of sp³-hybridized carbons (Fsp3) is 0.385. The van der Waals surface area contributed by atoms with Crippen molar-refractivity contribution in [3.05, 3.63) is 41.7 Å². The van der Waals surface area contributed by atoms with Crippen LogP contribution in [0.5, 0.6) is 5.75 Å². The van der Waals surface area contributed by atoms with Gasteiger partial charge in [0.1, 0.15) is 5.75 Å². The molecule has 3 N–H and O–H groups in total. The maximum absolute atomic E-state index is 5.60. The minimum Gasteiger partial charge on any atom is -0.497 e. The zero-order chi connectivity index (χ0) is 13.7. The Morgan fingerprint density at radius 1 is 1.37 bits per heavy atom. The Labute approximate surface area is 112 Å². The first-order chi connectivity index (χ1) is 9.24. The van der Waals surface area contributed by atoms with E-state index in [9.17, 15) is 0 Å². The lowest BCUT2D eigenvalue weighted by molar-refractivity contribution is 0.414. The molecule has 1 heterocycles. The highest BCUT2D eigenvalue weighted by atomic mass is 16.5. The highest BCUT2D eigenvalue weighted by Gasteiger charge is 2.14. The lowest BCUT2D eigenvalue weighted by Crippen LogP contribution is -2.30. The van der Waals surface area contributed by atoms with Crippen molar-refractivity contribution in [3.63, 3.8) is 0 Å². The number of benzene rings is 1. The van der Waals surface area contributed by atoms with Crippen LogP contribution in [0.4, 0.5) is 0 Å². The molecule has 0 aliphatic rings. The molecule has 0 fully saturated rings. The summed E-state index contributed by atoms with van der Waals surface area (Å²) in [4.78, 5) is 0. The van der Waals surface area contributed by atoms with Gasteiger partial charge in [0, 0.05) is 7.05 Å². The zero-order valence-electron chi connectivity index (χ0n) is 11.2. The Bertz CT molecular complexity index is 508. The number of nitrogens with zero attached hydrogens (tertiary/aromatic N) is 3. The molecule has 1 atom stereocenters. The fourth-order valence-electron chi connectivity index (χ4n) is 2.03. The summed E-state index contributed by atoms with van der Waals surface area (Å²) in [5, 5.41) is 7.79. The molecule has 0 aliphatic heterocycles. The van der Waals surface area contributed by atoms with Crippen molar-refractivity contribution < 1.29 is 4.74 Å².